The highest BCUT2D eigenvalue weighted by Crippen LogP contribution is 2.34. The molecule has 1 saturated heterocycles. The first-order chi connectivity index (χ1) is 14.5. The molecule has 0 aliphatic carbocycles. The molecule has 1 aliphatic rings. The van der Waals surface area contributed by atoms with Crippen LogP contribution in [0.3, 0.4) is 0 Å². The zero-order chi connectivity index (χ0) is 21.1. The second-order valence-corrected chi connectivity index (χ2v) is 8.95. The maximum Gasteiger partial charge on any atom is 0.261 e. The number of rotatable bonds is 7. The van der Waals surface area contributed by atoms with E-state index in [0.717, 1.165) is 36.0 Å². The normalized spacial score (nSPS) is 16.7. The molecule has 1 aliphatic heterocycles. The molecule has 8 heteroatoms. The zero-order valence-electron chi connectivity index (χ0n) is 17.0. The summed E-state index contributed by atoms with van der Waals surface area (Å²) in [6.07, 6.45) is 3.73. The lowest BCUT2D eigenvalue weighted by Gasteiger charge is -2.27. The summed E-state index contributed by atoms with van der Waals surface area (Å²) in [5.41, 5.74) is 0.452. The van der Waals surface area contributed by atoms with Crippen molar-refractivity contribution in [3.63, 3.8) is 0 Å². The Bertz CT molecular complexity index is 1130. The Hall–Kier alpha value is -2.84. The minimum absolute atomic E-state index is 0.163. The van der Waals surface area contributed by atoms with Gasteiger partial charge in [0.05, 0.1) is 36.5 Å². The van der Waals surface area contributed by atoms with Gasteiger partial charge in [-0.2, -0.15) is 0 Å². The van der Waals surface area contributed by atoms with Gasteiger partial charge in [0.2, 0.25) is 0 Å². The van der Waals surface area contributed by atoms with Crippen molar-refractivity contribution in [3.8, 4) is 5.75 Å². The first kappa shape index (κ1) is 20.4. The number of nitrogens with one attached hydrogen (secondary N) is 1. The number of methoxy groups -OCH3 is 2. The minimum Gasteiger partial charge on any atom is -0.497 e. The van der Waals surface area contributed by atoms with Gasteiger partial charge in [-0.15, -0.1) is 0 Å². The molecule has 0 unspecified atom stereocenters. The number of benzene rings is 2. The molecule has 1 aromatic heterocycles. The van der Waals surface area contributed by atoms with Gasteiger partial charge in [-0.3, -0.25) is 4.72 Å². The second-order valence-electron chi connectivity index (χ2n) is 7.27. The van der Waals surface area contributed by atoms with Crippen molar-refractivity contribution in [1.82, 2.24) is 4.98 Å². The minimum atomic E-state index is -3.76. The molecule has 0 bridgehead atoms. The third-order valence-electron chi connectivity index (χ3n) is 5.40. The van der Waals surface area contributed by atoms with E-state index < -0.39 is 10.0 Å². The quantitative estimate of drug-likeness (QED) is 0.620. The molecule has 158 valence electrons. The summed E-state index contributed by atoms with van der Waals surface area (Å²) in [7, 11) is -0.512. The highest BCUT2D eigenvalue weighted by Gasteiger charge is 2.27. The van der Waals surface area contributed by atoms with Crippen LogP contribution in [-0.2, 0) is 14.8 Å². The zero-order valence-corrected chi connectivity index (χ0v) is 17.9. The molecule has 4 rings (SSSR count). The van der Waals surface area contributed by atoms with Crippen LogP contribution in [0.2, 0.25) is 0 Å². The number of anilines is 2. The monoisotopic (exact) mass is 427 g/mol. The van der Waals surface area contributed by atoms with E-state index in [1.807, 2.05) is 24.3 Å². The summed E-state index contributed by atoms with van der Waals surface area (Å²) < 4.78 is 39.0. The standard InChI is InChI=1S/C22H25N3O4S/c1-28-15-16-6-5-13-25(16)22-20-8-4-3-7-19(20)21(14-23-22)24-30(26,27)18-11-9-17(29-2)10-12-18/h3-4,7-12,14,16,24H,5-6,13,15H2,1-2H3/t16-/m0/s1. The molecule has 2 heterocycles. The van der Waals surface area contributed by atoms with Crippen molar-refractivity contribution >= 4 is 32.3 Å². The van der Waals surface area contributed by atoms with Gasteiger partial charge in [0, 0.05) is 24.4 Å². The van der Waals surface area contributed by atoms with E-state index in [4.69, 9.17) is 9.47 Å². The van der Waals surface area contributed by atoms with Gasteiger partial charge in [0.15, 0.2) is 0 Å². The van der Waals surface area contributed by atoms with Crippen LogP contribution in [0.15, 0.2) is 59.6 Å². The summed E-state index contributed by atoms with van der Waals surface area (Å²) >= 11 is 0. The average Bonchev–Trinajstić information content (AvgIpc) is 3.22. The molecule has 7 nitrogen and oxygen atoms in total. The van der Waals surface area contributed by atoms with Crippen molar-refractivity contribution < 1.29 is 17.9 Å². The fourth-order valence-electron chi connectivity index (χ4n) is 3.93. The SMILES string of the molecule is COC[C@@H]1CCCN1c1ncc(NS(=O)(=O)c2ccc(OC)cc2)c2ccccc12. The predicted molar refractivity (Wildman–Crippen MR) is 118 cm³/mol. The Balaban J connectivity index is 1.70. The van der Waals surface area contributed by atoms with Gasteiger partial charge in [0.1, 0.15) is 11.6 Å². The number of ether oxygens (including phenoxy) is 2. The van der Waals surface area contributed by atoms with E-state index in [1.54, 1.807) is 32.5 Å². The van der Waals surface area contributed by atoms with Crippen LogP contribution < -0.4 is 14.4 Å². The maximum atomic E-state index is 12.9. The summed E-state index contributed by atoms with van der Waals surface area (Å²) in [4.78, 5) is 7.07. The molecule has 0 amide bonds. The van der Waals surface area contributed by atoms with Crippen LogP contribution >= 0.6 is 0 Å². The van der Waals surface area contributed by atoms with Gasteiger partial charge in [0.25, 0.3) is 10.0 Å². The lowest BCUT2D eigenvalue weighted by molar-refractivity contribution is 0.180. The van der Waals surface area contributed by atoms with E-state index in [-0.39, 0.29) is 10.9 Å². The van der Waals surface area contributed by atoms with E-state index in [9.17, 15) is 8.42 Å². The molecular weight excluding hydrogens is 402 g/mol. The molecule has 0 spiro atoms. The average molecular weight is 428 g/mol. The number of hydrogen-bond donors (Lipinski definition) is 1. The third-order valence-corrected chi connectivity index (χ3v) is 6.78. The van der Waals surface area contributed by atoms with Crippen molar-refractivity contribution in [2.45, 2.75) is 23.8 Å². The van der Waals surface area contributed by atoms with E-state index in [2.05, 4.69) is 14.6 Å². The van der Waals surface area contributed by atoms with Gasteiger partial charge in [-0.05, 0) is 37.1 Å². The number of nitrogens with zero attached hydrogens (tertiary/aromatic N) is 2. The first-order valence-corrected chi connectivity index (χ1v) is 11.3. The van der Waals surface area contributed by atoms with Gasteiger partial charge >= 0.3 is 0 Å². The largest absolute Gasteiger partial charge is 0.497 e. The Morgan fingerprint density at radius 3 is 2.53 bits per heavy atom. The van der Waals surface area contributed by atoms with Gasteiger partial charge in [-0.1, -0.05) is 24.3 Å². The van der Waals surface area contributed by atoms with Crippen LogP contribution in [-0.4, -0.2) is 46.8 Å². The van der Waals surface area contributed by atoms with Crippen LogP contribution in [0.4, 0.5) is 11.5 Å². The smallest absolute Gasteiger partial charge is 0.261 e. The molecule has 2 aromatic carbocycles. The molecule has 1 N–H and O–H groups in total. The maximum absolute atomic E-state index is 12.9. The lowest BCUT2D eigenvalue weighted by atomic mass is 10.1. The van der Waals surface area contributed by atoms with Crippen molar-refractivity contribution in [1.29, 1.82) is 0 Å². The van der Waals surface area contributed by atoms with Crippen LogP contribution in [0.5, 0.6) is 5.75 Å². The molecule has 0 radical (unpaired) electrons. The summed E-state index contributed by atoms with van der Waals surface area (Å²) in [6, 6.07) is 14.3. The first-order valence-electron chi connectivity index (χ1n) is 9.83. The summed E-state index contributed by atoms with van der Waals surface area (Å²) in [5, 5.41) is 1.72. The lowest BCUT2D eigenvalue weighted by Crippen LogP contribution is -2.33. The Morgan fingerprint density at radius 2 is 1.83 bits per heavy atom. The van der Waals surface area contributed by atoms with Crippen LogP contribution in [0.1, 0.15) is 12.8 Å². The number of sulfonamides is 1. The van der Waals surface area contributed by atoms with Crippen molar-refractivity contribution in [2.24, 2.45) is 0 Å². The molecule has 1 atom stereocenters. The number of aromatic nitrogens is 1. The molecule has 0 saturated carbocycles. The molecule has 30 heavy (non-hydrogen) atoms. The molecule has 3 aromatic rings. The van der Waals surface area contributed by atoms with E-state index in [1.165, 1.54) is 12.1 Å². The van der Waals surface area contributed by atoms with Crippen molar-refractivity contribution in [3.05, 3.63) is 54.7 Å². The van der Waals surface area contributed by atoms with E-state index >= 15 is 0 Å². The molecular formula is C22H25N3O4S. The Kier molecular flexibility index (Phi) is 5.78. The Morgan fingerprint density at radius 1 is 1.10 bits per heavy atom. The Labute approximate surface area is 176 Å². The topological polar surface area (TPSA) is 80.8 Å². The van der Waals surface area contributed by atoms with Crippen LogP contribution in [0.25, 0.3) is 10.8 Å². The highest BCUT2D eigenvalue weighted by atomic mass is 32.2. The summed E-state index contributed by atoms with van der Waals surface area (Å²) in [6.45, 7) is 1.55. The summed E-state index contributed by atoms with van der Waals surface area (Å²) in [5.74, 6) is 1.46. The number of pyridine rings is 1. The second kappa shape index (κ2) is 8.49. The van der Waals surface area contributed by atoms with Gasteiger partial charge < -0.3 is 14.4 Å². The predicted octanol–water partition coefficient (Wildman–Crippen LogP) is 3.66. The van der Waals surface area contributed by atoms with E-state index in [0.29, 0.717) is 18.0 Å². The van der Waals surface area contributed by atoms with Crippen molar-refractivity contribution in [2.75, 3.05) is 37.0 Å². The third kappa shape index (κ3) is 3.93. The number of fused-ring (bicyclic) bond motifs is 1. The molecule has 1 fully saturated rings. The van der Waals surface area contributed by atoms with Gasteiger partial charge in [-0.25, -0.2) is 13.4 Å². The fraction of sp³-hybridized carbons (Fsp3) is 0.318. The van der Waals surface area contributed by atoms with Crippen LogP contribution in [0, 0.1) is 0 Å². The highest BCUT2D eigenvalue weighted by molar-refractivity contribution is 7.92. The number of hydrogen-bond acceptors (Lipinski definition) is 6. The fourth-order valence-corrected chi connectivity index (χ4v) is 4.99.